The first kappa shape index (κ1) is 12.4. The van der Waals surface area contributed by atoms with Gasteiger partial charge in [-0.1, -0.05) is 61.4 Å². The lowest BCUT2D eigenvalue weighted by atomic mass is 10.1. The van der Waals surface area contributed by atoms with Gasteiger partial charge in [0.1, 0.15) is 5.01 Å². The van der Waals surface area contributed by atoms with E-state index in [9.17, 15) is 5.11 Å². The Morgan fingerprint density at radius 3 is 2.00 bits per heavy atom. The molecule has 0 aromatic rings. The minimum atomic E-state index is -0.534. The van der Waals surface area contributed by atoms with Gasteiger partial charge in [0.2, 0.25) is 0 Å². The van der Waals surface area contributed by atoms with E-state index in [1.54, 1.807) is 0 Å². The van der Waals surface area contributed by atoms with Crippen LogP contribution in [0.25, 0.3) is 0 Å². The van der Waals surface area contributed by atoms with Gasteiger partial charge in [-0.15, -0.1) is 0 Å². The molecule has 0 saturated heterocycles. The van der Waals surface area contributed by atoms with Gasteiger partial charge >= 0.3 is 0 Å². The molecule has 0 N–H and O–H groups in total. The zero-order chi connectivity index (χ0) is 9.23. The van der Waals surface area contributed by atoms with E-state index in [4.69, 9.17) is 0 Å². The van der Waals surface area contributed by atoms with Crippen molar-refractivity contribution in [3.05, 3.63) is 0 Å². The second kappa shape index (κ2) is 9.53. The van der Waals surface area contributed by atoms with Crippen LogP contribution < -0.4 is 0 Å². The fraction of sp³-hybridized carbons (Fsp3) is 1.00. The Labute approximate surface area is 84.7 Å². The van der Waals surface area contributed by atoms with Crippen molar-refractivity contribution in [3.63, 3.8) is 0 Å². The molecule has 0 fully saturated rings. The fourth-order valence-corrected chi connectivity index (χ4v) is 1.59. The molecule has 0 spiro atoms. The molecule has 0 bridgehead atoms. The highest BCUT2D eigenvalue weighted by atomic mass is 79.9. The highest BCUT2D eigenvalue weighted by Crippen LogP contribution is 2.11. The molecule has 0 aromatic carbocycles. The Kier molecular flexibility index (Phi) is 9.88. The summed E-state index contributed by atoms with van der Waals surface area (Å²) in [5.41, 5.74) is 0. The zero-order valence-electron chi connectivity index (χ0n) is 8.02. The normalized spacial score (nSPS) is 13.2. The molecule has 0 aliphatic heterocycles. The first-order valence-electron chi connectivity index (χ1n) is 5.07. The van der Waals surface area contributed by atoms with Crippen LogP contribution >= 0.6 is 15.9 Å². The zero-order valence-corrected chi connectivity index (χ0v) is 9.61. The molecule has 0 amide bonds. The van der Waals surface area contributed by atoms with Crippen LogP contribution in [0.2, 0.25) is 0 Å². The molecule has 1 atom stereocenters. The third-order valence-corrected chi connectivity index (χ3v) is 2.49. The van der Waals surface area contributed by atoms with E-state index in [1.807, 2.05) is 0 Å². The Bertz CT molecular complexity index is 83.9. The van der Waals surface area contributed by atoms with Crippen LogP contribution in [0, 0.1) is 0 Å². The van der Waals surface area contributed by atoms with Crippen molar-refractivity contribution in [3.8, 4) is 0 Å². The summed E-state index contributed by atoms with van der Waals surface area (Å²) in [6.45, 7) is 2.23. The monoisotopic (exact) mass is 235 g/mol. The van der Waals surface area contributed by atoms with Gasteiger partial charge in [0.05, 0.1) is 0 Å². The largest absolute Gasteiger partial charge is 0.221 e. The predicted octanol–water partition coefficient (Wildman–Crippen LogP) is 4.28. The quantitative estimate of drug-likeness (QED) is 0.443. The Hall–Kier alpha value is 0.440. The summed E-state index contributed by atoms with van der Waals surface area (Å²) in [6, 6.07) is 0. The number of rotatable bonds is 8. The van der Waals surface area contributed by atoms with Gasteiger partial charge in [0, 0.05) is 0 Å². The van der Waals surface area contributed by atoms with Crippen molar-refractivity contribution in [2.75, 3.05) is 0 Å². The topological polar surface area (TPSA) is 19.9 Å². The summed E-state index contributed by atoms with van der Waals surface area (Å²) in [5, 5.41) is 10.0. The highest BCUT2D eigenvalue weighted by molar-refractivity contribution is 9.09. The number of hydrogen-bond acceptors (Lipinski definition) is 0. The van der Waals surface area contributed by atoms with Crippen LogP contribution in [-0.2, 0) is 5.11 Å². The van der Waals surface area contributed by atoms with Crippen molar-refractivity contribution in [1.29, 1.82) is 0 Å². The molecule has 1 unspecified atom stereocenters. The molecule has 1 radical (unpaired) electrons. The van der Waals surface area contributed by atoms with Gasteiger partial charge in [-0.05, 0) is 12.8 Å². The molecule has 73 valence electrons. The first-order valence-corrected chi connectivity index (χ1v) is 5.98. The van der Waals surface area contributed by atoms with E-state index in [0.29, 0.717) is 0 Å². The Morgan fingerprint density at radius 1 is 1.00 bits per heavy atom. The summed E-state index contributed by atoms with van der Waals surface area (Å²) in [6.07, 6.45) is 9.80. The van der Waals surface area contributed by atoms with Gasteiger partial charge in [-0.25, -0.2) is 5.11 Å². The van der Waals surface area contributed by atoms with Crippen LogP contribution in [-0.4, -0.2) is 5.01 Å². The van der Waals surface area contributed by atoms with Crippen molar-refractivity contribution in [2.24, 2.45) is 0 Å². The molecule has 0 aromatic heterocycles. The lowest BCUT2D eigenvalue weighted by Crippen LogP contribution is -1.91. The van der Waals surface area contributed by atoms with Crippen LogP contribution in [0.4, 0.5) is 0 Å². The maximum atomic E-state index is 10.6. The smallest absolute Gasteiger partial charge is 0.147 e. The van der Waals surface area contributed by atoms with E-state index in [-0.39, 0.29) is 0 Å². The summed E-state index contributed by atoms with van der Waals surface area (Å²) in [4.78, 5) is 0. The van der Waals surface area contributed by atoms with E-state index >= 15 is 0 Å². The second-order valence-corrected chi connectivity index (χ2v) is 4.34. The van der Waals surface area contributed by atoms with Crippen LogP contribution in [0.1, 0.15) is 58.3 Å². The highest BCUT2D eigenvalue weighted by Gasteiger charge is 1.98. The SMILES string of the molecule is CCCCCCCCCC([O])Br. The van der Waals surface area contributed by atoms with Crippen molar-refractivity contribution in [2.45, 2.75) is 63.3 Å². The fourth-order valence-electron chi connectivity index (χ4n) is 1.26. The minimum Gasteiger partial charge on any atom is -0.221 e. The van der Waals surface area contributed by atoms with Gasteiger partial charge in [-0.2, -0.15) is 0 Å². The predicted molar refractivity (Wildman–Crippen MR) is 56.0 cm³/mol. The van der Waals surface area contributed by atoms with Crippen LogP contribution in [0.5, 0.6) is 0 Å². The van der Waals surface area contributed by atoms with Gasteiger partial charge in [-0.3, -0.25) is 0 Å². The number of unbranched alkanes of at least 4 members (excludes halogenated alkanes) is 6. The maximum Gasteiger partial charge on any atom is 0.147 e. The third-order valence-electron chi connectivity index (χ3n) is 2.03. The standard InChI is InChI=1S/C10H20BrO/c1-2-3-4-5-6-7-8-9-10(11)12/h10H,2-9H2,1H3. The molecule has 1 nitrogen and oxygen atoms in total. The molecule has 12 heavy (non-hydrogen) atoms. The lowest BCUT2D eigenvalue weighted by Gasteiger charge is -2.00. The average molecular weight is 236 g/mol. The maximum absolute atomic E-state index is 10.6. The van der Waals surface area contributed by atoms with Gasteiger partial charge in [0.25, 0.3) is 0 Å². The minimum absolute atomic E-state index is 0.534. The molecule has 0 saturated carbocycles. The van der Waals surface area contributed by atoms with Crippen molar-refractivity contribution in [1.82, 2.24) is 0 Å². The summed E-state index contributed by atoms with van der Waals surface area (Å²) < 4.78 is 0. The number of halogens is 1. The Morgan fingerprint density at radius 2 is 1.50 bits per heavy atom. The first-order chi connectivity index (χ1) is 5.77. The van der Waals surface area contributed by atoms with Gasteiger partial charge < -0.3 is 0 Å². The van der Waals surface area contributed by atoms with E-state index in [2.05, 4.69) is 22.9 Å². The lowest BCUT2D eigenvalue weighted by molar-refractivity contribution is 0.160. The number of hydrogen-bond donors (Lipinski definition) is 0. The Balaban J connectivity index is 2.82. The molecule has 0 rings (SSSR count). The molecule has 0 aliphatic rings. The van der Waals surface area contributed by atoms with Crippen molar-refractivity contribution >= 4 is 15.9 Å². The number of alkyl halides is 1. The van der Waals surface area contributed by atoms with E-state index in [0.717, 1.165) is 12.8 Å². The van der Waals surface area contributed by atoms with Crippen LogP contribution in [0.15, 0.2) is 0 Å². The molecular weight excluding hydrogens is 216 g/mol. The summed E-state index contributed by atoms with van der Waals surface area (Å²) in [5.74, 6) is 0. The molecule has 0 heterocycles. The van der Waals surface area contributed by atoms with Gasteiger partial charge in [0.15, 0.2) is 0 Å². The second-order valence-electron chi connectivity index (χ2n) is 3.32. The molecule has 0 aliphatic carbocycles. The van der Waals surface area contributed by atoms with E-state index < -0.39 is 5.01 Å². The van der Waals surface area contributed by atoms with E-state index in [1.165, 1.54) is 38.5 Å². The third kappa shape index (κ3) is 10.4. The van der Waals surface area contributed by atoms with Crippen molar-refractivity contribution < 1.29 is 5.11 Å². The molecular formula is C10H20BrO. The summed E-state index contributed by atoms with van der Waals surface area (Å²) >= 11 is 3.01. The van der Waals surface area contributed by atoms with Crippen LogP contribution in [0.3, 0.4) is 0 Å². The average Bonchev–Trinajstić information content (AvgIpc) is 2.02. The molecule has 2 heteroatoms. The summed E-state index contributed by atoms with van der Waals surface area (Å²) in [7, 11) is 0.